The van der Waals surface area contributed by atoms with Crippen LogP contribution in [-0.4, -0.2) is 62.1 Å². The van der Waals surface area contributed by atoms with Crippen LogP contribution in [0.1, 0.15) is 36.1 Å². The Morgan fingerprint density at radius 2 is 1.94 bits per heavy atom. The molecular weight excluding hydrogens is 451 g/mol. The van der Waals surface area contributed by atoms with Crippen LogP contribution in [0.25, 0.3) is 5.76 Å². The maximum atomic E-state index is 14.9. The highest BCUT2D eigenvalue weighted by atomic mass is 19.1. The third-order valence-corrected chi connectivity index (χ3v) is 7.02. The van der Waals surface area contributed by atoms with Gasteiger partial charge in [-0.2, -0.15) is 0 Å². The lowest BCUT2D eigenvalue weighted by molar-refractivity contribution is -0.908. The zero-order valence-electron chi connectivity index (χ0n) is 19.7. The maximum absolute atomic E-state index is 14.9. The lowest BCUT2D eigenvalue weighted by Crippen LogP contribution is -3.14. The summed E-state index contributed by atoms with van der Waals surface area (Å²) < 4.78 is 26.0. The Hall–Kier alpha value is -3.23. The molecule has 3 aliphatic heterocycles. The van der Waals surface area contributed by atoms with Gasteiger partial charge in [0.05, 0.1) is 25.8 Å². The number of rotatable bonds is 6. The average Bonchev–Trinajstić information content (AvgIpc) is 3.35. The fourth-order valence-corrected chi connectivity index (χ4v) is 5.25. The van der Waals surface area contributed by atoms with Crippen LogP contribution in [0.4, 0.5) is 4.39 Å². The molecule has 0 aromatic heterocycles. The van der Waals surface area contributed by atoms with Gasteiger partial charge in [0.2, 0.25) is 5.78 Å². The van der Waals surface area contributed by atoms with Crippen molar-refractivity contribution in [2.24, 2.45) is 0 Å². The molecular formula is C27H29FN2O5. The minimum atomic E-state index is -1.05. The highest BCUT2D eigenvalue weighted by molar-refractivity contribution is 6.46. The SMILES string of the molecule is CC1Cc2cc(/C([O-])=C3\C(=O)C(=O)N(CCC[NH+]4CCOCC4)C3c3ccccc3F)ccc2O1. The maximum Gasteiger partial charge on any atom is 0.295 e. The van der Waals surface area contributed by atoms with Gasteiger partial charge in [-0.15, -0.1) is 0 Å². The van der Waals surface area contributed by atoms with Crippen LogP contribution < -0.4 is 14.7 Å². The van der Waals surface area contributed by atoms with E-state index in [1.165, 1.54) is 21.9 Å². The molecule has 0 aliphatic carbocycles. The van der Waals surface area contributed by atoms with E-state index in [2.05, 4.69) is 0 Å². The summed E-state index contributed by atoms with van der Waals surface area (Å²) in [6, 6.07) is 10.0. The number of morpholine rings is 1. The summed E-state index contributed by atoms with van der Waals surface area (Å²) in [5.41, 5.74) is 1.16. The molecule has 0 spiro atoms. The number of nitrogens with zero attached hydrogens (tertiary/aromatic N) is 1. The second-order valence-corrected chi connectivity index (χ2v) is 9.42. The molecule has 1 N–H and O–H groups in total. The van der Waals surface area contributed by atoms with Gasteiger partial charge >= 0.3 is 0 Å². The van der Waals surface area contributed by atoms with E-state index in [0.29, 0.717) is 37.4 Å². The van der Waals surface area contributed by atoms with E-state index in [1.54, 1.807) is 30.3 Å². The van der Waals surface area contributed by atoms with Crippen LogP contribution in [0.2, 0.25) is 0 Å². The van der Waals surface area contributed by atoms with Gasteiger partial charge in [-0.05, 0) is 36.2 Å². The lowest BCUT2D eigenvalue weighted by atomic mass is 9.94. The lowest BCUT2D eigenvalue weighted by Gasteiger charge is -2.29. The van der Waals surface area contributed by atoms with Crippen molar-refractivity contribution in [3.05, 3.63) is 70.5 Å². The van der Waals surface area contributed by atoms with Crippen molar-refractivity contribution < 1.29 is 33.5 Å². The van der Waals surface area contributed by atoms with E-state index in [1.807, 2.05) is 6.92 Å². The molecule has 3 aliphatic rings. The quantitative estimate of drug-likeness (QED) is 0.374. The zero-order chi connectivity index (χ0) is 24.5. The number of Topliss-reactive ketones (excluding diaryl/α,β-unsaturated/α-hetero) is 1. The van der Waals surface area contributed by atoms with Crippen molar-refractivity contribution in [2.75, 3.05) is 39.4 Å². The smallest absolute Gasteiger partial charge is 0.295 e. The molecule has 0 radical (unpaired) electrons. The molecule has 3 heterocycles. The third-order valence-electron chi connectivity index (χ3n) is 7.02. The molecule has 2 aromatic carbocycles. The molecule has 7 nitrogen and oxygen atoms in total. The molecule has 184 valence electrons. The average molecular weight is 481 g/mol. The van der Waals surface area contributed by atoms with Crippen LogP contribution in [0, 0.1) is 5.82 Å². The van der Waals surface area contributed by atoms with Gasteiger partial charge in [-0.3, -0.25) is 9.59 Å². The summed E-state index contributed by atoms with van der Waals surface area (Å²) in [5, 5.41) is 13.6. The van der Waals surface area contributed by atoms with Gasteiger partial charge in [-0.1, -0.05) is 30.0 Å². The number of quaternary nitrogens is 1. The molecule has 2 saturated heterocycles. The van der Waals surface area contributed by atoms with E-state index < -0.39 is 29.3 Å². The zero-order valence-corrected chi connectivity index (χ0v) is 19.7. The Labute approximate surface area is 203 Å². The number of ether oxygens (including phenoxy) is 2. The molecule has 5 rings (SSSR count). The summed E-state index contributed by atoms with van der Waals surface area (Å²) in [7, 11) is 0. The topological polar surface area (TPSA) is 83.3 Å². The third kappa shape index (κ3) is 4.56. The summed E-state index contributed by atoms with van der Waals surface area (Å²) in [6.07, 6.45) is 1.30. The monoisotopic (exact) mass is 480 g/mol. The fraction of sp³-hybridized carbons (Fsp3) is 0.407. The molecule has 2 aromatic rings. The van der Waals surface area contributed by atoms with Crippen molar-refractivity contribution in [1.29, 1.82) is 0 Å². The number of likely N-dealkylation sites (tertiary alicyclic amines) is 1. The number of fused-ring (bicyclic) bond motifs is 1. The number of hydrogen-bond donors (Lipinski definition) is 1. The number of ketones is 1. The summed E-state index contributed by atoms with van der Waals surface area (Å²) in [6.45, 7) is 6.19. The minimum Gasteiger partial charge on any atom is -0.872 e. The van der Waals surface area contributed by atoms with Crippen molar-refractivity contribution in [2.45, 2.75) is 31.9 Å². The number of halogens is 1. The van der Waals surface area contributed by atoms with Gasteiger partial charge in [0, 0.05) is 30.5 Å². The number of amides is 1. The minimum absolute atomic E-state index is 0.00736. The van der Waals surface area contributed by atoms with Crippen LogP contribution >= 0.6 is 0 Å². The summed E-state index contributed by atoms with van der Waals surface area (Å²) in [5.74, 6) is -1.99. The van der Waals surface area contributed by atoms with E-state index in [4.69, 9.17) is 9.47 Å². The Balaban J connectivity index is 1.49. The molecule has 2 atom stereocenters. The largest absolute Gasteiger partial charge is 0.872 e. The van der Waals surface area contributed by atoms with Crippen molar-refractivity contribution >= 4 is 17.4 Å². The van der Waals surface area contributed by atoms with E-state index >= 15 is 0 Å². The molecule has 0 saturated carbocycles. The Kier molecular flexibility index (Phi) is 6.58. The first-order chi connectivity index (χ1) is 16.9. The second kappa shape index (κ2) is 9.79. The van der Waals surface area contributed by atoms with Crippen LogP contribution in [0.5, 0.6) is 5.75 Å². The van der Waals surface area contributed by atoms with E-state index in [0.717, 1.165) is 25.2 Å². The molecule has 2 unspecified atom stereocenters. The Bertz CT molecular complexity index is 1170. The van der Waals surface area contributed by atoms with Crippen LogP contribution in [0.3, 0.4) is 0 Å². The van der Waals surface area contributed by atoms with E-state index in [-0.39, 0.29) is 23.8 Å². The van der Waals surface area contributed by atoms with Gasteiger partial charge in [0.15, 0.2) is 0 Å². The number of carbonyl (C=O) groups is 2. The number of benzene rings is 2. The van der Waals surface area contributed by atoms with Crippen LogP contribution in [-0.2, 0) is 20.7 Å². The van der Waals surface area contributed by atoms with Gasteiger partial charge in [-0.25, -0.2) is 4.39 Å². The normalized spacial score (nSPS) is 24.0. The molecule has 1 amide bonds. The van der Waals surface area contributed by atoms with Gasteiger partial charge < -0.3 is 24.4 Å². The van der Waals surface area contributed by atoms with Crippen LogP contribution in [0.15, 0.2) is 48.0 Å². The number of hydrogen-bond acceptors (Lipinski definition) is 5. The predicted octanol–water partition coefficient (Wildman–Crippen LogP) is 0.678. The Morgan fingerprint density at radius 3 is 2.71 bits per heavy atom. The van der Waals surface area contributed by atoms with Gasteiger partial charge in [0.1, 0.15) is 30.8 Å². The first-order valence-electron chi connectivity index (χ1n) is 12.2. The first-order valence-corrected chi connectivity index (χ1v) is 12.2. The standard InChI is InChI=1S/C27H29FN2O5/c1-17-15-19-16-18(7-8-22(19)35-17)25(31)23-24(20-5-2-3-6-21(20)28)30(27(33)26(23)32)10-4-9-29-11-13-34-14-12-29/h2-3,5-8,16-17,24,31H,4,9-15H2,1H3/b25-23+. The second-order valence-electron chi connectivity index (χ2n) is 9.42. The first kappa shape index (κ1) is 23.5. The molecule has 35 heavy (non-hydrogen) atoms. The fourth-order valence-electron chi connectivity index (χ4n) is 5.25. The summed E-state index contributed by atoms with van der Waals surface area (Å²) in [4.78, 5) is 29.0. The predicted molar refractivity (Wildman–Crippen MR) is 124 cm³/mol. The highest BCUT2D eigenvalue weighted by Crippen LogP contribution is 2.40. The Morgan fingerprint density at radius 1 is 1.17 bits per heavy atom. The van der Waals surface area contributed by atoms with Crippen molar-refractivity contribution in [3.8, 4) is 5.75 Å². The summed E-state index contributed by atoms with van der Waals surface area (Å²) >= 11 is 0. The van der Waals surface area contributed by atoms with Crippen molar-refractivity contribution in [1.82, 2.24) is 4.90 Å². The van der Waals surface area contributed by atoms with E-state index in [9.17, 15) is 19.1 Å². The number of nitrogens with one attached hydrogen (secondary N) is 1. The molecule has 0 bridgehead atoms. The molecule has 2 fully saturated rings. The molecule has 8 heteroatoms. The van der Waals surface area contributed by atoms with Gasteiger partial charge in [0.25, 0.3) is 5.91 Å². The highest BCUT2D eigenvalue weighted by Gasteiger charge is 2.45. The van der Waals surface area contributed by atoms with Crippen molar-refractivity contribution in [3.63, 3.8) is 0 Å². The number of carbonyl (C=O) groups excluding carboxylic acids is 2.